The van der Waals surface area contributed by atoms with Gasteiger partial charge in [0.05, 0.1) is 12.4 Å². The Morgan fingerprint density at radius 3 is 2.50 bits per heavy atom. The molecule has 1 N–H and O–H groups in total. The first kappa shape index (κ1) is 17.2. The van der Waals surface area contributed by atoms with Gasteiger partial charge < -0.3 is 4.74 Å². The molecule has 1 aliphatic rings. The molecular weight excluding hydrogens is 305 g/mol. The molecule has 0 amide bonds. The predicted octanol–water partition coefficient (Wildman–Crippen LogP) is 3.09. The monoisotopic (exact) mass is 329 g/mol. The Balaban J connectivity index is 1.63. The number of rotatable bonds is 8. The van der Waals surface area contributed by atoms with Gasteiger partial charge in [-0.25, -0.2) is 17.5 Å². The molecule has 1 aliphatic carbocycles. The van der Waals surface area contributed by atoms with Gasteiger partial charge in [-0.1, -0.05) is 19.3 Å². The summed E-state index contributed by atoms with van der Waals surface area (Å²) < 4.78 is 44.6. The highest BCUT2D eigenvalue weighted by molar-refractivity contribution is 7.89. The summed E-state index contributed by atoms with van der Waals surface area (Å²) in [5.74, 6) is 0.774. The molecule has 1 saturated carbocycles. The van der Waals surface area contributed by atoms with Crippen LogP contribution in [0, 0.1) is 11.7 Å². The summed E-state index contributed by atoms with van der Waals surface area (Å²) in [6.45, 7) is 0.858. The third-order valence-corrected chi connectivity index (χ3v) is 5.39. The van der Waals surface area contributed by atoms with Gasteiger partial charge in [-0.15, -0.1) is 0 Å². The molecule has 0 bridgehead atoms. The van der Waals surface area contributed by atoms with E-state index in [2.05, 4.69) is 4.72 Å². The van der Waals surface area contributed by atoms with Crippen LogP contribution in [0.1, 0.15) is 38.5 Å². The van der Waals surface area contributed by atoms with Gasteiger partial charge in [0.1, 0.15) is 11.6 Å². The maximum Gasteiger partial charge on any atom is 0.211 e. The molecule has 1 aromatic carbocycles. The Kier molecular flexibility index (Phi) is 6.64. The topological polar surface area (TPSA) is 55.4 Å². The number of hydrogen-bond donors (Lipinski definition) is 1. The lowest BCUT2D eigenvalue weighted by molar-refractivity contribution is 0.316. The van der Waals surface area contributed by atoms with Crippen molar-refractivity contribution in [2.75, 3.05) is 18.9 Å². The smallest absolute Gasteiger partial charge is 0.211 e. The fourth-order valence-corrected chi connectivity index (χ4v) is 3.81. The van der Waals surface area contributed by atoms with Crippen LogP contribution < -0.4 is 9.46 Å². The summed E-state index contributed by atoms with van der Waals surface area (Å²) in [5.41, 5.74) is 0. The first-order valence-corrected chi connectivity index (χ1v) is 9.56. The van der Waals surface area contributed by atoms with Gasteiger partial charge in [-0.05, 0) is 49.4 Å². The molecule has 4 nitrogen and oxygen atoms in total. The van der Waals surface area contributed by atoms with E-state index in [9.17, 15) is 12.8 Å². The summed E-state index contributed by atoms with van der Waals surface area (Å²) in [5, 5.41) is 0. The summed E-state index contributed by atoms with van der Waals surface area (Å²) in [4.78, 5) is 0. The number of halogens is 1. The van der Waals surface area contributed by atoms with Crippen LogP contribution in [-0.2, 0) is 10.0 Å². The van der Waals surface area contributed by atoms with Crippen molar-refractivity contribution in [3.05, 3.63) is 30.1 Å². The molecule has 0 unspecified atom stereocenters. The molecule has 0 radical (unpaired) electrons. The molecule has 22 heavy (non-hydrogen) atoms. The van der Waals surface area contributed by atoms with Crippen LogP contribution >= 0.6 is 0 Å². The zero-order chi connectivity index (χ0) is 15.8. The van der Waals surface area contributed by atoms with E-state index in [1.165, 1.54) is 43.5 Å². The fraction of sp³-hybridized carbons (Fsp3) is 0.625. The van der Waals surface area contributed by atoms with E-state index >= 15 is 0 Å². The molecule has 0 atom stereocenters. The fourth-order valence-electron chi connectivity index (χ4n) is 2.68. The standard InChI is InChI=1S/C16H24FNO3S/c17-15-7-9-16(10-8-15)21-11-4-12-22(19,20)18-13-14-5-2-1-3-6-14/h7-10,14,18H,1-6,11-13H2. The highest BCUT2D eigenvalue weighted by atomic mass is 32.2. The molecule has 1 fully saturated rings. The van der Waals surface area contributed by atoms with Crippen molar-refractivity contribution >= 4 is 10.0 Å². The van der Waals surface area contributed by atoms with Gasteiger partial charge in [0.25, 0.3) is 0 Å². The predicted molar refractivity (Wildman–Crippen MR) is 84.9 cm³/mol. The van der Waals surface area contributed by atoms with Crippen LogP contribution in [0.2, 0.25) is 0 Å². The van der Waals surface area contributed by atoms with E-state index in [0.717, 1.165) is 12.8 Å². The Hall–Kier alpha value is -1.14. The van der Waals surface area contributed by atoms with Crippen LogP contribution in [0.5, 0.6) is 5.75 Å². The lowest BCUT2D eigenvalue weighted by atomic mass is 9.90. The summed E-state index contributed by atoms with van der Waals surface area (Å²) in [7, 11) is -3.23. The average molecular weight is 329 g/mol. The van der Waals surface area contributed by atoms with Crippen LogP contribution in [0.4, 0.5) is 4.39 Å². The minimum Gasteiger partial charge on any atom is -0.494 e. The van der Waals surface area contributed by atoms with Gasteiger partial charge in [0.2, 0.25) is 10.0 Å². The highest BCUT2D eigenvalue weighted by Crippen LogP contribution is 2.22. The van der Waals surface area contributed by atoms with Crippen molar-refractivity contribution in [2.24, 2.45) is 5.92 Å². The molecule has 2 rings (SSSR count). The number of sulfonamides is 1. The lowest BCUT2D eigenvalue weighted by Crippen LogP contribution is -2.32. The average Bonchev–Trinajstić information content (AvgIpc) is 2.52. The molecule has 0 heterocycles. The van der Waals surface area contributed by atoms with E-state index in [0.29, 0.717) is 31.2 Å². The van der Waals surface area contributed by atoms with Crippen LogP contribution in [0.15, 0.2) is 24.3 Å². The number of benzene rings is 1. The SMILES string of the molecule is O=S(=O)(CCCOc1ccc(F)cc1)NCC1CCCCC1. The van der Waals surface area contributed by atoms with Crippen molar-refractivity contribution in [2.45, 2.75) is 38.5 Å². The molecular formula is C16H24FNO3S. The summed E-state index contributed by atoms with van der Waals surface area (Å²) in [6, 6.07) is 5.70. The minimum absolute atomic E-state index is 0.0565. The number of hydrogen-bond acceptors (Lipinski definition) is 3. The Morgan fingerprint density at radius 2 is 1.82 bits per heavy atom. The Morgan fingerprint density at radius 1 is 1.14 bits per heavy atom. The molecule has 124 valence electrons. The molecule has 0 saturated heterocycles. The van der Waals surface area contributed by atoms with E-state index in [1.807, 2.05) is 0 Å². The maximum absolute atomic E-state index is 12.7. The van der Waals surface area contributed by atoms with Crippen LogP contribution in [0.3, 0.4) is 0 Å². The summed E-state index contributed by atoms with van der Waals surface area (Å²) in [6.07, 6.45) is 6.34. The molecule has 6 heteroatoms. The first-order chi connectivity index (χ1) is 10.6. The molecule has 0 spiro atoms. The second-order valence-electron chi connectivity index (χ2n) is 5.83. The number of nitrogens with one attached hydrogen (secondary N) is 1. The zero-order valence-corrected chi connectivity index (χ0v) is 13.6. The quantitative estimate of drug-likeness (QED) is 0.746. The molecule has 1 aromatic rings. The van der Waals surface area contributed by atoms with Crippen molar-refractivity contribution in [1.82, 2.24) is 4.72 Å². The van der Waals surface area contributed by atoms with Gasteiger partial charge in [-0.2, -0.15) is 0 Å². The second kappa shape index (κ2) is 8.48. The van der Waals surface area contributed by atoms with Crippen LogP contribution in [-0.4, -0.2) is 27.3 Å². The molecule has 0 aliphatic heterocycles. The van der Waals surface area contributed by atoms with Crippen molar-refractivity contribution in [1.29, 1.82) is 0 Å². The van der Waals surface area contributed by atoms with E-state index in [4.69, 9.17) is 4.74 Å². The first-order valence-electron chi connectivity index (χ1n) is 7.91. The number of ether oxygens (including phenoxy) is 1. The van der Waals surface area contributed by atoms with Gasteiger partial charge in [0.15, 0.2) is 0 Å². The molecule has 0 aromatic heterocycles. The van der Waals surface area contributed by atoms with Crippen LogP contribution in [0.25, 0.3) is 0 Å². The van der Waals surface area contributed by atoms with E-state index < -0.39 is 10.0 Å². The van der Waals surface area contributed by atoms with Crippen molar-refractivity contribution in [3.8, 4) is 5.75 Å². The minimum atomic E-state index is -3.23. The zero-order valence-electron chi connectivity index (χ0n) is 12.8. The van der Waals surface area contributed by atoms with Crippen molar-refractivity contribution in [3.63, 3.8) is 0 Å². The highest BCUT2D eigenvalue weighted by Gasteiger charge is 2.17. The van der Waals surface area contributed by atoms with E-state index in [1.54, 1.807) is 0 Å². The van der Waals surface area contributed by atoms with Gasteiger partial charge >= 0.3 is 0 Å². The third kappa shape index (κ3) is 6.32. The van der Waals surface area contributed by atoms with Gasteiger partial charge in [0, 0.05) is 6.54 Å². The summed E-state index contributed by atoms with van der Waals surface area (Å²) >= 11 is 0. The third-order valence-electron chi connectivity index (χ3n) is 3.96. The Labute approximate surface area is 132 Å². The maximum atomic E-state index is 12.7. The second-order valence-corrected chi connectivity index (χ2v) is 7.75. The van der Waals surface area contributed by atoms with Crippen molar-refractivity contribution < 1.29 is 17.5 Å². The lowest BCUT2D eigenvalue weighted by Gasteiger charge is -2.21. The normalized spacial score (nSPS) is 16.6. The Bertz CT molecular complexity index is 539. The largest absolute Gasteiger partial charge is 0.494 e. The van der Waals surface area contributed by atoms with Gasteiger partial charge in [-0.3, -0.25) is 0 Å². The van der Waals surface area contributed by atoms with E-state index in [-0.39, 0.29) is 11.6 Å².